The van der Waals surface area contributed by atoms with Crippen LogP contribution >= 0.6 is 11.3 Å². The highest BCUT2D eigenvalue weighted by atomic mass is 32.1. The summed E-state index contributed by atoms with van der Waals surface area (Å²) >= 11 is 1.84. The third-order valence-corrected chi connectivity index (χ3v) is 11.3. The quantitative estimate of drug-likeness (QED) is 0.178. The van der Waals surface area contributed by atoms with Crippen LogP contribution in [0.3, 0.4) is 0 Å². The number of benzene rings is 7. The van der Waals surface area contributed by atoms with Gasteiger partial charge in [-0.05, 0) is 41.5 Å². The maximum atomic E-state index is 6.73. The monoisotopic (exact) mass is 708 g/mol. The molecule has 252 valence electrons. The van der Waals surface area contributed by atoms with Crippen LogP contribution in [0.15, 0.2) is 174 Å². The van der Waals surface area contributed by atoms with Gasteiger partial charge in [-0.1, -0.05) is 140 Å². The molecule has 0 aliphatic carbocycles. The summed E-state index contributed by atoms with van der Waals surface area (Å²) in [5.74, 6) is 1.84. The lowest BCUT2D eigenvalue weighted by atomic mass is 9.98. The summed E-state index contributed by atoms with van der Waals surface area (Å²) in [5, 5.41) is 5.56. The molecule has 0 atom stereocenters. The molecule has 0 amide bonds. The Morgan fingerprint density at radius 2 is 1.02 bits per heavy atom. The number of hydrogen-bond donors (Lipinski definition) is 0. The number of hydrogen-bond acceptors (Lipinski definition) is 6. The summed E-state index contributed by atoms with van der Waals surface area (Å²) in [6, 6.07) is 58.4. The molecule has 0 saturated heterocycles. The minimum absolute atomic E-state index is 0.596. The van der Waals surface area contributed by atoms with E-state index in [1.165, 1.54) is 25.7 Å². The van der Waals surface area contributed by atoms with Gasteiger partial charge in [0.2, 0.25) is 0 Å². The summed E-state index contributed by atoms with van der Waals surface area (Å²) < 4.78 is 9.30. The molecule has 0 aliphatic heterocycles. The lowest BCUT2D eigenvalue weighted by Gasteiger charge is -2.11. The lowest BCUT2D eigenvalue weighted by Crippen LogP contribution is -2.00. The van der Waals surface area contributed by atoms with E-state index in [1.807, 2.05) is 90.2 Å². The van der Waals surface area contributed by atoms with Crippen molar-refractivity contribution in [3.05, 3.63) is 170 Å². The van der Waals surface area contributed by atoms with Crippen molar-refractivity contribution < 1.29 is 4.42 Å². The zero-order chi connectivity index (χ0) is 35.6. The smallest absolute Gasteiger partial charge is 0.164 e. The Kier molecular flexibility index (Phi) is 6.97. The van der Waals surface area contributed by atoms with Crippen LogP contribution in [0.5, 0.6) is 0 Å². The zero-order valence-corrected chi connectivity index (χ0v) is 29.6. The summed E-state index contributed by atoms with van der Waals surface area (Å²) in [7, 11) is 0. The first-order valence-corrected chi connectivity index (χ1v) is 18.7. The van der Waals surface area contributed by atoms with Crippen molar-refractivity contribution >= 4 is 64.4 Å². The van der Waals surface area contributed by atoms with Crippen molar-refractivity contribution in [1.29, 1.82) is 0 Å². The average molecular weight is 709 g/mol. The second kappa shape index (κ2) is 12.3. The molecule has 0 saturated carbocycles. The first-order chi connectivity index (χ1) is 26.7. The number of fused-ring (bicyclic) bond motifs is 8. The number of rotatable bonds is 5. The molecule has 0 bridgehead atoms. The highest BCUT2D eigenvalue weighted by Gasteiger charge is 2.20. The Morgan fingerprint density at radius 3 is 1.80 bits per heavy atom. The fourth-order valence-corrected chi connectivity index (χ4v) is 8.79. The standard InChI is InChI=1S/C48H28N4OS/c1-3-13-29(14-4-1)46-50-47(30-15-5-2-6-16-30)52-48(51-46)33-18-11-17-32(27-33)43-42-37-20-7-9-23-40(37)53-44(42)38-28-31(25-26-39(38)49-43)34-21-12-22-36-35-19-8-10-24-41(35)54-45(34)36/h1-28H. The van der Waals surface area contributed by atoms with E-state index in [2.05, 4.69) is 91.0 Å². The van der Waals surface area contributed by atoms with Crippen LogP contribution in [-0.4, -0.2) is 19.9 Å². The molecular weight excluding hydrogens is 681 g/mol. The Labute approximate surface area is 313 Å². The fraction of sp³-hybridized carbons (Fsp3) is 0. The van der Waals surface area contributed by atoms with Crippen molar-refractivity contribution in [3.63, 3.8) is 0 Å². The topological polar surface area (TPSA) is 64.7 Å². The van der Waals surface area contributed by atoms with E-state index < -0.39 is 0 Å². The van der Waals surface area contributed by atoms with Gasteiger partial charge in [-0.2, -0.15) is 0 Å². The molecule has 7 aromatic carbocycles. The molecule has 11 aromatic rings. The summed E-state index contributed by atoms with van der Waals surface area (Å²) in [4.78, 5) is 20.3. The van der Waals surface area contributed by atoms with Crippen LogP contribution in [0.2, 0.25) is 0 Å². The van der Waals surface area contributed by atoms with E-state index in [9.17, 15) is 0 Å². The predicted octanol–water partition coefficient (Wildman–Crippen LogP) is 13.0. The number of para-hydroxylation sites is 1. The van der Waals surface area contributed by atoms with E-state index in [4.69, 9.17) is 24.4 Å². The minimum Gasteiger partial charge on any atom is -0.455 e. The van der Waals surface area contributed by atoms with Gasteiger partial charge in [-0.3, -0.25) is 0 Å². The lowest BCUT2D eigenvalue weighted by molar-refractivity contribution is 0.672. The molecule has 0 spiro atoms. The van der Waals surface area contributed by atoms with Crippen molar-refractivity contribution in [2.75, 3.05) is 0 Å². The number of pyridine rings is 1. The van der Waals surface area contributed by atoms with Crippen molar-refractivity contribution in [2.24, 2.45) is 0 Å². The molecule has 4 heterocycles. The first-order valence-electron chi connectivity index (χ1n) is 17.9. The Bertz CT molecular complexity index is 3170. The van der Waals surface area contributed by atoms with E-state index >= 15 is 0 Å². The summed E-state index contributed by atoms with van der Waals surface area (Å²) in [6.07, 6.45) is 0. The van der Waals surface area contributed by atoms with Crippen LogP contribution < -0.4 is 0 Å². The number of aromatic nitrogens is 4. The Hall–Kier alpha value is -7.02. The molecule has 0 radical (unpaired) electrons. The van der Waals surface area contributed by atoms with Crippen molar-refractivity contribution in [1.82, 2.24) is 19.9 Å². The number of furan rings is 1. The SMILES string of the molecule is c1ccc(-c2nc(-c3ccccc3)nc(-c3cccc(-c4nc5ccc(-c6cccc7c6sc6ccccc67)cc5c5oc6ccccc6c45)c3)n2)cc1. The van der Waals surface area contributed by atoms with Crippen LogP contribution in [-0.2, 0) is 0 Å². The average Bonchev–Trinajstić information content (AvgIpc) is 3.83. The van der Waals surface area contributed by atoms with Gasteiger partial charge >= 0.3 is 0 Å². The van der Waals surface area contributed by atoms with E-state index in [0.29, 0.717) is 17.5 Å². The maximum absolute atomic E-state index is 6.73. The second-order valence-electron chi connectivity index (χ2n) is 13.4. The molecule has 54 heavy (non-hydrogen) atoms. The normalized spacial score (nSPS) is 11.7. The highest BCUT2D eigenvalue weighted by Crippen LogP contribution is 2.43. The molecular formula is C48H28N4OS. The third-order valence-electron chi connectivity index (χ3n) is 10.1. The van der Waals surface area contributed by atoms with Crippen LogP contribution in [0.4, 0.5) is 0 Å². The molecule has 0 unspecified atom stereocenters. The minimum atomic E-state index is 0.596. The van der Waals surface area contributed by atoms with E-state index in [1.54, 1.807) is 0 Å². The Morgan fingerprint density at radius 1 is 0.407 bits per heavy atom. The van der Waals surface area contributed by atoms with Gasteiger partial charge in [0.15, 0.2) is 17.5 Å². The van der Waals surface area contributed by atoms with E-state index in [0.717, 1.165) is 66.4 Å². The van der Waals surface area contributed by atoms with Gasteiger partial charge in [-0.15, -0.1) is 11.3 Å². The molecule has 5 nitrogen and oxygen atoms in total. The van der Waals surface area contributed by atoms with Crippen LogP contribution in [0.25, 0.3) is 110 Å². The largest absolute Gasteiger partial charge is 0.455 e. The third kappa shape index (κ3) is 4.99. The van der Waals surface area contributed by atoms with Gasteiger partial charge in [0.1, 0.15) is 11.2 Å². The number of thiophene rings is 1. The van der Waals surface area contributed by atoms with Gasteiger partial charge < -0.3 is 4.42 Å². The van der Waals surface area contributed by atoms with Crippen LogP contribution in [0.1, 0.15) is 0 Å². The van der Waals surface area contributed by atoms with E-state index in [-0.39, 0.29) is 0 Å². The fourth-order valence-electron chi connectivity index (χ4n) is 7.56. The molecule has 0 fully saturated rings. The van der Waals surface area contributed by atoms with Gasteiger partial charge in [0.05, 0.1) is 16.6 Å². The van der Waals surface area contributed by atoms with Crippen molar-refractivity contribution in [2.45, 2.75) is 0 Å². The summed E-state index contributed by atoms with van der Waals surface area (Å²) in [6.45, 7) is 0. The summed E-state index contributed by atoms with van der Waals surface area (Å²) in [5.41, 5.74) is 9.40. The number of nitrogens with zero attached hydrogens (tertiary/aromatic N) is 4. The molecule has 0 N–H and O–H groups in total. The first kappa shape index (κ1) is 30.6. The molecule has 11 rings (SSSR count). The molecule has 6 heteroatoms. The van der Waals surface area contributed by atoms with Gasteiger partial charge in [-0.25, -0.2) is 19.9 Å². The highest BCUT2D eigenvalue weighted by molar-refractivity contribution is 7.26. The Balaban J connectivity index is 1.10. The molecule has 4 aromatic heterocycles. The maximum Gasteiger partial charge on any atom is 0.164 e. The second-order valence-corrected chi connectivity index (χ2v) is 14.4. The van der Waals surface area contributed by atoms with Gasteiger partial charge in [0.25, 0.3) is 0 Å². The zero-order valence-electron chi connectivity index (χ0n) is 28.8. The van der Waals surface area contributed by atoms with Crippen molar-refractivity contribution in [3.8, 4) is 56.5 Å². The molecule has 0 aliphatic rings. The van der Waals surface area contributed by atoms with Gasteiger partial charge in [0, 0.05) is 53.2 Å². The predicted molar refractivity (Wildman–Crippen MR) is 222 cm³/mol. The van der Waals surface area contributed by atoms with Crippen LogP contribution in [0, 0.1) is 0 Å².